The number of carboxylic acids is 1. The zero-order valence-electron chi connectivity index (χ0n) is 25.1. The van der Waals surface area contributed by atoms with Crippen LogP contribution in [0, 0.1) is 5.92 Å². The summed E-state index contributed by atoms with van der Waals surface area (Å²) in [5.41, 5.74) is 15.9. The molecule has 0 saturated carbocycles. The Morgan fingerprint density at radius 3 is 2.67 bits per heavy atom. The predicted octanol–water partition coefficient (Wildman–Crippen LogP) is 6.73. The molecule has 43 heavy (non-hydrogen) atoms. The lowest BCUT2D eigenvalue weighted by atomic mass is 9.72. The number of nitrogens with zero attached hydrogens (tertiary/aromatic N) is 2. The Morgan fingerprint density at radius 2 is 1.95 bits per heavy atom. The van der Waals surface area contributed by atoms with Crippen molar-refractivity contribution >= 4 is 34.6 Å². The molecule has 228 valence electrons. The van der Waals surface area contributed by atoms with Gasteiger partial charge in [-0.2, -0.15) is 0 Å². The third-order valence-corrected chi connectivity index (χ3v) is 8.88. The van der Waals surface area contributed by atoms with Gasteiger partial charge in [0.1, 0.15) is 0 Å². The van der Waals surface area contributed by atoms with Gasteiger partial charge in [-0.05, 0) is 83.5 Å². The van der Waals surface area contributed by atoms with Crippen molar-refractivity contribution in [2.24, 2.45) is 22.4 Å². The van der Waals surface area contributed by atoms with E-state index in [2.05, 4.69) is 70.8 Å². The van der Waals surface area contributed by atoms with Crippen molar-refractivity contribution in [2.75, 3.05) is 6.54 Å². The molecule has 2 heterocycles. The summed E-state index contributed by atoms with van der Waals surface area (Å²) >= 11 is 0. The number of allylic oxidation sites excluding steroid dienone is 1. The quantitative estimate of drug-likeness (QED) is 0.134. The summed E-state index contributed by atoms with van der Waals surface area (Å²) in [7, 11) is 0. The smallest absolute Gasteiger partial charge is 0.328 e. The first kappa shape index (κ1) is 30.4. The highest BCUT2D eigenvalue weighted by atomic mass is 16.4. The molecule has 0 saturated heterocycles. The molecule has 2 aromatic carbocycles. The van der Waals surface area contributed by atoms with Crippen LogP contribution in [0.25, 0.3) is 22.2 Å². The van der Waals surface area contributed by atoms with Crippen molar-refractivity contribution in [3.63, 3.8) is 0 Å². The molecular formula is C35H45N6O2-. The van der Waals surface area contributed by atoms with E-state index in [1.165, 1.54) is 28.0 Å². The zero-order valence-corrected chi connectivity index (χ0v) is 25.1. The lowest BCUT2D eigenvalue weighted by Crippen LogP contribution is -2.47. The third kappa shape index (κ3) is 7.87. The first-order valence-corrected chi connectivity index (χ1v) is 15.7. The summed E-state index contributed by atoms with van der Waals surface area (Å²) < 4.78 is 0. The highest BCUT2D eigenvalue weighted by Gasteiger charge is 2.31. The number of carboxylic acid groups (broad SMARTS) is 1. The van der Waals surface area contributed by atoms with Crippen LogP contribution < -0.4 is 16.8 Å². The summed E-state index contributed by atoms with van der Waals surface area (Å²) in [5.74, 6) is 0.501. The van der Waals surface area contributed by atoms with E-state index in [4.69, 9.17) is 16.8 Å². The summed E-state index contributed by atoms with van der Waals surface area (Å²) in [5, 5.41) is 20.7. The Bertz CT molecular complexity index is 1460. The molecule has 0 fully saturated rings. The van der Waals surface area contributed by atoms with E-state index in [0.29, 0.717) is 25.3 Å². The number of fused-ring (bicyclic) bond motifs is 2. The van der Waals surface area contributed by atoms with Crippen LogP contribution in [-0.4, -0.2) is 46.7 Å². The minimum atomic E-state index is -0.988. The zero-order chi connectivity index (χ0) is 30.2. The molecule has 7 N–H and O–H groups in total. The summed E-state index contributed by atoms with van der Waals surface area (Å²) in [6, 6.07) is 16.6. The number of benzene rings is 2. The SMILES string of the molecule is CCCCC(N)CCCC1c2cc3ccccc3cc2C=CC1CC([N-]c1ccc[nH]1)C(=CC(=O)O)C1CCN=C(N)N1. The lowest BCUT2D eigenvalue weighted by Gasteiger charge is -2.39. The second-order valence-electron chi connectivity index (χ2n) is 12.0. The topological polar surface area (TPSA) is 144 Å². The van der Waals surface area contributed by atoms with Gasteiger partial charge in [-0.15, -0.1) is 0 Å². The van der Waals surface area contributed by atoms with Gasteiger partial charge in [0.05, 0.1) is 6.04 Å². The molecule has 5 unspecified atom stereocenters. The predicted molar refractivity (Wildman–Crippen MR) is 177 cm³/mol. The Labute approximate surface area is 254 Å². The third-order valence-electron chi connectivity index (χ3n) is 8.88. The molecule has 5 rings (SSSR count). The number of rotatable bonds is 14. The van der Waals surface area contributed by atoms with Gasteiger partial charge in [-0.3, -0.25) is 4.99 Å². The van der Waals surface area contributed by atoms with E-state index < -0.39 is 5.97 Å². The number of aliphatic carboxylic acids is 1. The first-order valence-electron chi connectivity index (χ1n) is 15.7. The van der Waals surface area contributed by atoms with Gasteiger partial charge < -0.3 is 32.2 Å². The Balaban J connectivity index is 1.47. The number of hydrogen-bond donors (Lipinski definition) is 5. The number of aromatic amines is 1. The Kier molecular flexibility index (Phi) is 10.2. The number of nitrogens with one attached hydrogen (secondary N) is 2. The molecule has 8 heteroatoms. The summed E-state index contributed by atoms with van der Waals surface area (Å²) in [6.45, 7) is 2.75. The highest BCUT2D eigenvalue weighted by molar-refractivity contribution is 5.87. The molecule has 8 nitrogen and oxygen atoms in total. The minimum Gasteiger partial charge on any atom is -0.478 e. The molecule has 0 amide bonds. The number of guanidine groups is 1. The van der Waals surface area contributed by atoms with Crippen LogP contribution in [0.5, 0.6) is 0 Å². The fraction of sp³-hybridized carbons (Fsp3) is 0.429. The lowest BCUT2D eigenvalue weighted by molar-refractivity contribution is -0.131. The van der Waals surface area contributed by atoms with Crippen molar-refractivity contribution in [2.45, 2.75) is 82.3 Å². The van der Waals surface area contributed by atoms with Gasteiger partial charge in [0.2, 0.25) is 0 Å². The summed E-state index contributed by atoms with van der Waals surface area (Å²) in [6.07, 6.45) is 15.5. The Morgan fingerprint density at radius 1 is 1.16 bits per heavy atom. The van der Waals surface area contributed by atoms with Crippen molar-refractivity contribution in [3.05, 3.63) is 88.9 Å². The van der Waals surface area contributed by atoms with Crippen LogP contribution in [0.15, 0.2) is 77.4 Å². The van der Waals surface area contributed by atoms with E-state index in [1.807, 2.05) is 18.3 Å². The van der Waals surface area contributed by atoms with Crippen molar-refractivity contribution in [1.29, 1.82) is 0 Å². The highest BCUT2D eigenvalue weighted by Crippen LogP contribution is 2.44. The molecule has 5 atom stereocenters. The second-order valence-corrected chi connectivity index (χ2v) is 12.0. The van der Waals surface area contributed by atoms with E-state index in [1.54, 1.807) is 0 Å². The maximum Gasteiger partial charge on any atom is 0.328 e. The molecule has 1 aromatic heterocycles. The van der Waals surface area contributed by atoms with E-state index in [9.17, 15) is 9.90 Å². The van der Waals surface area contributed by atoms with E-state index in [0.717, 1.165) is 49.9 Å². The van der Waals surface area contributed by atoms with Gasteiger partial charge in [-0.1, -0.05) is 92.8 Å². The standard InChI is InChI=1S/C35H45N6O2/c1-2-3-10-27(36)11-6-12-28-26(15-14-25-19-23-8-4-5-9-24(23)20-29(25)28)21-32(40-33-13-7-17-38-33)30(22-34(42)43)31-16-18-39-35(37)41-31/h4-5,7-9,13-15,17,19-20,22,26-28,31-32,38H,2-3,6,10-12,16,18,21,36H2,1H3,(H,42,43)(H3,37,39,41)/q-1. The maximum absolute atomic E-state index is 12.1. The van der Waals surface area contributed by atoms with Crippen LogP contribution >= 0.6 is 0 Å². The molecule has 2 aliphatic rings. The van der Waals surface area contributed by atoms with Crippen molar-refractivity contribution in [3.8, 4) is 0 Å². The average molecular weight is 582 g/mol. The molecule has 0 bridgehead atoms. The van der Waals surface area contributed by atoms with Crippen LogP contribution in [0.2, 0.25) is 0 Å². The van der Waals surface area contributed by atoms with Crippen molar-refractivity contribution in [1.82, 2.24) is 10.3 Å². The fourth-order valence-corrected chi connectivity index (χ4v) is 6.68. The molecular weight excluding hydrogens is 536 g/mol. The van der Waals surface area contributed by atoms with Gasteiger partial charge in [0.15, 0.2) is 5.96 Å². The van der Waals surface area contributed by atoms with Gasteiger partial charge in [0.25, 0.3) is 0 Å². The normalized spacial score (nSPS) is 21.5. The average Bonchev–Trinajstić information content (AvgIpc) is 3.51. The number of aliphatic imine (C=N–C) groups is 1. The van der Waals surface area contributed by atoms with E-state index in [-0.39, 0.29) is 30.0 Å². The number of nitrogens with two attached hydrogens (primary N) is 2. The van der Waals surface area contributed by atoms with Gasteiger partial charge >= 0.3 is 5.97 Å². The van der Waals surface area contributed by atoms with Crippen LogP contribution in [-0.2, 0) is 4.79 Å². The summed E-state index contributed by atoms with van der Waals surface area (Å²) in [4.78, 5) is 19.6. The molecule has 1 aliphatic carbocycles. The second kappa shape index (κ2) is 14.4. The van der Waals surface area contributed by atoms with Crippen LogP contribution in [0.3, 0.4) is 0 Å². The number of unbranched alkanes of at least 4 members (excludes halogenated alkanes) is 1. The van der Waals surface area contributed by atoms with Gasteiger partial charge in [-0.25, -0.2) is 4.79 Å². The monoisotopic (exact) mass is 581 g/mol. The van der Waals surface area contributed by atoms with Gasteiger partial charge in [0, 0.05) is 18.7 Å². The minimum absolute atomic E-state index is 0.163. The molecule has 0 radical (unpaired) electrons. The van der Waals surface area contributed by atoms with Crippen molar-refractivity contribution < 1.29 is 9.90 Å². The largest absolute Gasteiger partial charge is 0.478 e. The fourth-order valence-electron chi connectivity index (χ4n) is 6.68. The number of H-pyrrole nitrogens is 1. The van der Waals surface area contributed by atoms with Crippen LogP contribution in [0.1, 0.15) is 75.3 Å². The maximum atomic E-state index is 12.1. The molecule has 0 spiro atoms. The molecule has 1 aliphatic heterocycles. The molecule has 3 aromatic rings. The number of aromatic nitrogens is 1. The van der Waals surface area contributed by atoms with E-state index >= 15 is 0 Å². The first-order chi connectivity index (χ1) is 20.9. The van der Waals surface area contributed by atoms with Crippen LogP contribution in [0.4, 0.5) is 5.82 Å². The Hall–Kier alpha value is -4.04. The number of carbonyl (C=O) groups is 1. The number of hydrogen-bond acceptors (Lipinski definition) is 5.